The second kappa shape index (κ2) is 6.77. The van der Waals surface area contributed by atoms with Crippen LogP contribution in [0.2, 0.25) is 0 Å². The van der Waals surface area contributed by atoms with Crippen molar-refractivity contribution in [3.05, 3.63) is 29.8 Å². The van der Waals surface area contributed by atoms with Crippen molar-refractivity contribution < 1.29 is 9.90 Å². The van der Waals surface area contributed by atoms with E-state index in [1.165, 1.54) is 5.56 Å². The monoisotopic (exact) mass is 196 g/mol. The Bertz CT molecular complexity index is 249. The van der Waals surface area contributed by atoms with Crippen molar-refractivity contribution >= 4 is 11.8 Å². The van der Waals surface area contributed by atoms with Gasteiger partial charge in [0.25, 0.3) is 0 Å². The zero-order chi connectivity index (χ0) is 11.0. The van der Waals surface area contributed by atoms with Crippen LogP contribution in [0, 0.1) is 6.92 Å². The Balaban J connectivity index is 0.000000255. The second-order valence-corrected chi connectivity index (χ2v) is 2.75. The number of benzene rings is 1. The normalized spacial score (nSPS) is 8.43. The number of nitrogens with two attached hydrogens (primary N) is 1. The lowest BCUT2D eigenvalue weighted by molar-refractivity contribution is 0.195. The van der Waals surface area contributed by atoms with Crippen molar-refractivity contribution in [2.75, 3.05) is 12.3 Å². The van der Waals surface area contributed by atoms with Crippen LogP contribution < -0.4 is 11.1 Å². The first-order valence-corrected chi connectivity index (χ1v) is 4.35. The summed E-state index contributed by atoms with van der Waals surface area (Å²) < 4.78 is 0. The summed E-state index contributed by atoms with van der Waals surface area (Å²) in [6.45, 7) is 4.25. The topological polar surface area (TPSA) is 75.3 Å². The second-order valence-electron chi connectivity index (χ2n) is 2.75. The zero-order valence-electron chi connectivity index (χ0n) is 8.45. The predicted molar refractivity (Wildman–Crippen MR) is 57.3 cm³/mol. The number of nitrogens with one attached hydrogen (secondary N) is 1. The van der Waals surface area contributed by atoms with Gasteiger partial charge >= 0.3 is 6.09 Å². The van der Waals surface area contributed by atoms with Gasteiger partial charge in [-0.3, -0.25) is 0 Å². The maximum atomic E-state index is 9.49. The minimum absolute atomic E-state index is 0.481. The highest BCUT2D eigenvalue weighted by Crippen LogP contribution is 2.02. The van der Waals surface area contributed by atoms with Crippen LogP contribution in [0.15, 0.2) is 24.3 Å². The van der Waals surface area contributed by atoms with E-state index < -0.39 is 6.09 Å². The third-order valence-corrected chi connectivity index (χ3v) is 1.41. The molecule has 0 saturated carbocycles. The van der Waals surface area contributed by atoms with E-state index in [-0.39, 0.29) is 0 Å². The Kier molecular flexibility index (Phi) is 5.94. The predicted octanol–water partition coefficient (Wildman–Crippen LogP) is 1.85. The lowest BCUT2D eigenvalue weighted by Crippen LogP contribution is -2.19. The Morgan fingerprint density at radius 3 is 2.14 bits per heavy atom. The third-order valence-electron chi connectivity index (χ3n) is 1.41. The van der Waals surface area contributed by atoms with Crippen LogP contribution in [0.25, 0.3) is 0 Å². The highest BCUT2D eigenvalue weighted by molar-refractivity contribution is 5.64. The molecule has 0 aliphatic carbocycles. The average Bonchev–Trinajstić information content (AvgIpc) is 2.11. The van der Waals surface area contributed by atoms with Crippen LogP contribution >= 0.6 is 0 Å². The Morgan fingerprint density at radius 1 is 1.43 bits per heavy atom. The molecular formula is C10H16N2O2. The quantitative estimate of drug-likeness (QED) is 0.600. The van der Waals surface area contributed by atoms with E-state index in [4.69, 9.17) is 10.8 Å². The molecular weight excluding hydrogens is 180 g/mol. The van der Waals surface area contributed by atoms with Gasteiger partial charge in [0.2, 0.25) is 0 Å². The van der Waals surface area contributed by atoms with Crippen LogP contribution in [-0.2, 0) is 0 Å². The van der Waals surface area contributed by atoms with Gasteiger partial charge in [-0.2, -0.15) is 0 Å². The SMILES string of the molecule is CCNC(=O)O.Cc1ccc(N)cc1. The van der Waals surface area contributed by atoms with Crippen molar-refractivity contribution in [2.45, 2.75) is 13.8 Å². The number of anilines is 1. The summed E-state index contributed by atoms with van der Waals surface area (Å²) in [6.07, 6.45) is -0.961. The Labute approximate surface area is 83.7 Å². The largest absolute Gasteiger partial charge is 0.465 e. The Morgan fingerprint density at radius 2 is 1.93 bits per heavy atom. The highest BCUT2D eigenvalue weighted by atomic mass is 16.4. The van der Waals surface area contributed by atoms with E-state index in [2.05, 4.69) is 5.32 Å². The van der Waals surface area contributed by atoms with E-state index in [1.54, 1.807) is 6.92 Å². The molecule has 1 rings (SSSR count). The van der Waals surface area contributed by atoms with E-state index in [9.17, 15) is 4.79 Å². The standard InChI is InChI=1S/C7H9N.C3H7NO2/c1-6-2-4-7(8)5-3-6;1-2-4-3(5)6/h2-5H,8H2,1H3;4H,2H2,1H3,(H,5,6). The van der Waals surface area contributed by atoms with Gasteiger partial charge in [-0.15, -0.1) is 0 Å². The number of aryl methyl sites for hydroxylation is 1. The fourth-order valence-electron chi connectivity index (χ4n) is 0.718. The minimum atomic E-state index is -0.961. The zero-order valence-corrected chi connectivity index (χ0v) is 8.45. The molecule has 4 N–H and O–H groups in total. The van der Waals surface area contributed by atoms with Gasteiger partial charge in [-0.1, -0.05) is 17.7 Å². The number of nitrogen functional groups attached to an aromatic ring is 1. The van der Waals surface area contributed by atoms with E-state index in [1.807, 2.05) is 31.2 Å². The first-order chi connectivity index (χ1) is 6.56. The van der Waals surface area contributed by atoms with Gasteiger partial charge in [-0.25, -0.2) is 4.79 Å². The number of amides is 1. The van der Waals surface area contributed by atoms with Crippen molar-refractivity contribution in [1.82, 2.24) is 5.32 Å². The van der Waals surface area contributed by atoms with Crippen LogP contribution in [0.5, 0.6) is 0 Å². The molecule has 0 atom stereocenters. The van der Waals surface area contributed by atoms with Gasteiger partial charge in [-0.05, 0) is 26.0 Å². The minimum Gasteiger partial charge on any atom is -0.465 e. The fourth-order valence-corrected chi connectivity index (χ4v) is 0.718. The smallest absolute Gasteiger partial charge is 0.404 e. The number of hydrogen-bond donors (Lipinski definition) is 3. The number of rotatable bonds is 1. The molecule has 0 radical (unpaired) electrons. The molecule has 4 heteroatoms. The molecule has 0 heterocycles. The van der Waals surface area contributed by atoms with Crippen molar-refractivity contribution in [3.63, 3.8) is 0 Å². The van der Waals surface area contributed by atoms with E-state index in [0.29, 0.717) is 6.54 Å². The summed E-state index contributed by atoms with van der Waals surface area (Å²) in [5.41, 5.74) is 7.51. The molecule has 0 unspecified atom stereocenters. The van der Waals surface area contributed by atoms with Gasteiger partial charge in [0.15, 0.2) is 0 Å². The average molecular weight is 196 g/mol. The molecule has 78 valence electrons. The fraction of sp³-hybridized carbons (Fsp3) is 0.300. The molecule has 0 aliphatic rings. The summed E-state index contributed by atoms with van der Waals surface area (Å²) in [7, 11) is 0. The lowest BCUT2D eigenvalue weighted by atomic mass is 10.2. The summed E-state index contributed by atoms with van der Waals surface area (Å²) in [5.74, 6) is 0. The van der Waals surface area contributed by atoms with Crippen LogP contribution in [0.1, 0.15) is 12.5 Å². The maximum Gasteiger partial charge on any atom is 0.404 e. The molecule has 0 saturated heterocycles. The summed E-state index contributed by atoms with van der Waals surface area (Å²) >= 11 is 0. The van der Waals surface area contributed by atoms with Gasteiger partial charge in [0, 0.05) is 12.2 Å². The first kappa shape index (κ1) is 12.3. The summed E-state index contributed by atoms with van der Waals surface area (Å²) in [6, 6.07) is 7.79. The van der Waals surface area contributed by atoms with Crippen LogP contribution in [-0.4, -0.2) is 17.7 Å². The summed E-state index contributed by atoms with van der Waals surface area (Å²) in [5, 5.41) is 9.93. The van der Waals surface area contributed by atoms with Crippen molar-refractivity contribution in [2.24, 2.45) is 0 Å². The summed E-state index contributed by atoms with van der Waals surface area (Å²) in [4.78, 5) is 9.49. The molecule has 1 aromatic rings. The molecule has 0 aliphatic heterocycles. The van der Waals surface area contributed by atoms with Crippen LogP contribution in [0.3, 0.4) is 0 Å². The molecule has 1 amide bonds. The molecule has 0 spiro atoms. The van der Waals surface area contributed by atoms with Crippen molar-refractivity contribution in [3.8, 4) is 0 Å². The molecule has 4 nitrogen and oxygen atoms in total. The van der Waals surface area contributed by atoms with E-state index in [0.717, 1.165) is 5.69 Å². The van der Waals surface area contributed by atoms with Crippen molar-refractivity contribution in [1.29, 1.82) is 0 Å². The molecule has 14 heavy (non-hydrogen) atoms. The highest BCUT2D eigenvalue weighted by Gasteiger charge is 1.83. The molecule has 0 aromatic heterocycles. The number of carbonyl (C=O) groups is 1. The lowest BCUT2D eigenvalue weighted by Gasteiger charge is -1.90. The Hall–Kier alpha value is -1.71. The number of carboxylic acid groups (broad SMARTS) is 1. The van der Waals surface area contributed by atoms with Crippen LogP contribution in [0.4, 0.5) is 10.5 Å². The molecule has 0 bridgehead atoms. The van der Waals surface area contributed by atoms with Gasteiger partial charge in [0.05, 0.1) is 0 Å². The maximum absolute atomic E-state index is 9.49. The third kappa shape index (κ3) is 6.97. The molecule has 1 aromatic carbocycles. The molecule has 0 fully saturated rings. The van der Waals surface area contributed by atoms with E-state index >= 15 is 0 Å². The van der Waals surface area contributed by atoms with Gasteiger partial charge < -0.3 is 16.2 Å². The van der Waals surface area contributed by atoms with Gasteiger partial charge in [0.1, 0.15) is 0 Å². The number of hydrogen-bond acceptors (Lipinski definition) is 2. The first-order valence-electron chi connectivity index (χ1n) is 4.35.